The molecule has 3 rings (SSSR count). The number of aromatic nitrogens is 1. The number of nitrogens with zero attached hydrogens (tertiary/aromatic N) is 4. The van der Waals surface area contributed by atoms with E-state index in [2.05, 4.69) is 39.7 Å². The average molecular weight is 340 g/mol. The smallest absolute Gasteiger partial charge is 0.151 e. The van der Waals surface area contributed by atoms with Crippen LogP contribution in [0.15, 0.2) is 41.3 Å². The van der Waals surface area contributed by atoms with Gasteiger partial charge >= 0.3 is 0 Å². The minimum absolute atomic E-state index is 0.422. The molecule has 0 amide bonds. The molecule has 0 bridgehead atoms. The van der Waals surface area contributed by atoms with Crippen LogP contribution < -0.4 is 22.3 Å². The molecule has 0 unspecified atom stereocenters. The molecule has 0 radical (unpaired) electrons. The molecule has 8 heteroatoms. The molecule has 132 valence electrons. The average Bonchev–Trinajstić information content (AvgIpc) is 2.56. The molecule has 0 saturated heterocycles. The highest BCUT2D eigenvalue weighted by Gasteiger charge is 2.15. The van der Waals surface area contributed by atoms with E-state index in [0.29, 0.717) is 11.5 Å². The second kappa shape index (κ2) is 6.76. The zero-order valence-corrected chi connectivity index (χ0v) is 14.7. The third-order valence-electron chi connectivity index (χ3n) is 4.03. The number of hydrazine groups is 2. The highest BCUT2D eigenvalue weighted by atomic mass is 15.9. The van der Waals surface area contributed by atoms with Gasteiger partial charge in [-0.2, -0.15) is 0 Å². The lowest BCUT2D eigenvalue weighted by molar-refractivity contribution is 0.212. The molecule has 8 nitrogen and oxygen atoms in total. The number of nitrogens with two attached hydrogens (primary N) is 2. The quantitative estimate of drug-likeness (QED) is 0.656. The maximum atomic E-state index is 6.12. The lowest BCUT2D eigenvalue weighted by Crippen LogP contribution is -2.47. The van der Waals surface area contributed by atoms with Crippen LogP contribution in [0.25, 0.3) is 10.9 Å². The SMILES string of the molecule is CCN(CC)C1=CC(N)=NN(Nc2ccc3nc(C)cc(N)c3c2)N1. The fourth-order valence-electron chi connectivity index (χ4n) is 2.81. The molecule has 0 spiro atoms. The summed E-state index contributed by atoms with van der Waals surface area (Å²) in [4.78, 5) is 6.65. The second-order valence-corrected chi connectivity index (χ2v) is 5.85. The molecule has 25 heavy (non-hydrogen) atoms. The van der Waals surface area contributed by atoms with Crippen molar-refractivity contribution in [2.45, 2.75) is 20.8 Å². The van der Waals surface area contributed by atoms with E-state index in [1.54, 1.807) is 0 Å². The van der Waals surface area contributed by atoms with Gasteiger partial charge in [0.2, 0.25) is 0 Å². The number of aryl methyl sites for hydroxylation is 1. The summed E-state index contributed by atoms with van der Waals surface area (Å²) in [5, 5.41) is 6.65. The molecule has 0 fully saturated rings. The van der Waals surface area contributed by atoms with Crippen molar-refractivity contribution in [1.29, 1.82) is 0 Å². The predicted molar refractivity (Wildman–Crippen MR) is 102 cm³/mol. The van der Waals surface area contributed by atoms with E-state index in [1.807, 2.05) is 37.3 Å². The van der Waals surface area contributed by atoms with Crippen LogP contribution in [0, 0.1) is 6.92 Å². The summed E-state index contributed by atoms with van der Waals surface area (Å²) in [5.41, 5.74) is 21.7. The number of hydrogen-bond donors (Lipinski definition) is 4. The number of hydrazone groups is 1. The lowest BCUT2D eigenvalue weighted by atomic mass is 10.1. The van der Waals surface area contributed by atoms with Gasteiger partial charge in [-0.05, 0) is 45.0 Å². The Morgan fingerprint density at radius 1 is 1.20 bits per heavy atom. The lowest BCUT2D eigenvalue weighted by Gasteiger charge is -2.32. The fraction of sp³-hybridized carbons (Fsp3) is 0.294. The van der Waals surface area contributed by atoms with Crippen LogP contribution >= 0.6 is 0 Å². The molecule has 2 heterocycles. The van der Waals surface area contributed by atoms with Crippen LogP contribution in [0.4, 0.5) is 11.4 Å². The topological polar surface area (TPSA) is 108 Å². The third-order valence-corrected chi connectivity index (χ3v) is 4.03. The number of hydrogen-bond acceptors (Lipinski definition) is 8. The molecule has 2 aromatic rings. The van der Waals surface area contributed by atoms with E-state index < -0.39 is 0 Å². The van der Waals surface area contributed by atoms with Gasteiger partial charge < -0.3 is 16.4 Å². The summed E-state index contributed by atoms with van der Waals surface area (Å²) in [6.07, 6.45) is 1.82. The van der Waals surface area contributed by atoms with Gasteiger partial charge in [-0.1, -0.05) is 0 Å². The molecule has 0 aliphatic carbocycles. The number of nitrogens with one attached hydrogen (secondary N) is 2. The van der Waals surface area contributed by atoms with Crippen LogP contribution in [-0.2, 0) is 0 Å². The van der Waals surface area contributed by atoms with Crippen LogP contribution in [0.5, 0.6) is 0 Å². The van der Waals surface area contributed by atoms with E-state index in [-0.39, 0.29) is 0 Å². The monoisotopic (exact) mass is 340 g/mol. The number of rotatable bonds is 5. The van der Waals surface area contributed by atoms with Gasteiger partial charge in [-0.25, -0.2) is 5.43 Å². The van der Waals surface area contributed by atoms with Crippen LogP contribution in [-0.4, -0.2) is 34.0 Å². The van der Waals surface area contributed by atoms with E-state index in [0.717, 1.165) is 41.2 Å². The Labute approximate surface area is 147 Å². The predicted octanol–water partition coefficient (Wildman–Crippen LogP) is 1.73. The molecular weight excluding hydrogens is 316 g/mol. The first-order valence-corrected chi connectivity index (χ1v) is 8.31. The van der Waals surface area contributed by atoms with Gasteiger partial charge in [0, 0.05) is 35.9 Å². The summed E-state index contributed by atoms with van der Waals surface area (Å²) in [5.74, 6) is 1.31. The zero-order chi connectivity index (χ0) is 18.0. The first-order chi connectivity index (χ1) is 12.0. The van der Waals surface area contributed by atoms with Crippen LogP contribution in [0.3, 0.4) is 0 Å². The molecule has 1 aromatic carbocycles. The normalized spacial score (nSPS) is 14.0. The van der Waals surface area contributed by atoms with Crippen molar-refractivity contribution < 1.29 is 0 Å². The molecule has 1 aromatic heterocycles. The standard InChI is InChI=1S/C17H24N8/c1-4-24(5-2)17-10-16(19)22-25(23-17)21-12-6-7-15-13(9-12)14(18)8-11(3)20-15/h6-10,21,23H,4-5H2,1-3H3,(H2,18,20)(H2,19,22). The number of anilines is 2. The number of benzene rings is 1. The Hall–Kier alpha value is -3.16. The van der Waals surface area contributed by atoms with Crippen molar-refractivity contribution in [2.24, 2.45) is 10.8 Å². The summed E-state index contributed by atoms with van der Waals surface area (Å²) < 4.78 is 0. The number of nitrogen functional groups attached to an aromatic ring is 1. The van der Waals surface area contributed by atoms with Gasteiger partial charge in [0.05, 0.1) is 11.2 Å². The zero-order valence-electron chi connectivity index (χ0n) is 14.7. The highest BCUT2D eigenvalue weighted by molar-refractivity contribution is 5.93. The van der Waals surface area contributed by atoms with Crippen LogP contribution in [0.2, 0.25) is 0 Å². The Morgan fingerprint density at radius 3 is 2.68 bits per heavy atom. The molecule has 6 N–H and O–H groups in total. The first-order valence-electron chi connectivity index (χ1n) is 8.31. The van der Waals surface area contributed by atoms with Crippen molar-refractivity contribution in [3.05, 3.63) is 41.9 Å². The summed E-state index contributed by atoms with van der Waals surface area (Å²) in [6, 6.07) is 7.67. The number of amidine groups is 1. The highest BCUT2D eigenvalue weighted by Crippen LogP contribution is 2.24. The maximum Gasteiger partial charge on any atom is 0.151 e. The van der Waals surface area contributed by atoms with E-state index in [1.165, 1.54) is 5.23 Å². The van der Waals surface area contributed by atoms with Gasteiger partial charge in [0.15, 0.2) is 5.84 Å². The molecule has 0 saturated carbocycles. The Bertz CT molecular complexity index is 838. The molecule has 0 atom stereocenters. The largest absolute Gasteiger partial charge is 0.398 e. The van der Waals surface area contributed by atoms with Crippen molar-refractivity contribution in [1.82, 2.24) is 20.5 Å². The minimum Gasteiger partial charge on any atom is -0.398 e. The number of fused-ring (bicyclic) bond motifs is 1. The van der Waals surface area contributed by atoms with E-state index in [9.17, 15) is 0 Å². The van der Waals surface area contributed by atoms with Gasteiger partial charge in [0.1, 0.15) is 5.82 Å². The van der Waals surface area contributed by atoms with Crippen LogP contribution in [0.1, 0.15) is 19.5 Å². The first kappa shape index (κ1) is 16.7. The van der Waals surface area contributed by atoms with Gasteiger partial charge in [0.25, 0.3) is 0 Å². The Balaban J connectivity index is 1.83. The number of pyridine rings is 1. The Kier molecular flexibility index (Phi) is 4.51. The summed E-state index contributed by atoms with van der Waals surface area (Å²) >= 11 is 0. The van der Waals surface area contributed by atoms with Crippen molar-refractivity contribution in [2.75, 3.05) is 24.2 Å². The minimum atomic E-state index is 0.422. The summed E-state index contributed by atoms with van der Waals surface area (Å²) in [6.45, 7) is 7.85. The van der Waals surface area contributed by atoms with E-state index >= 15 is 0 Å². The molecule has 1 aliphatic rings. The third kappa shape index (κ3) is 3.52. The Morgan fingerprint density at radius 2 is 1.96 bits per heavy atom. The van der Waals surface area contributed by atoms with E-state index in [4.69, 9.17) is 11.5 Å². The van der Waals surface area contributed by atoms with Gasteiger partial charge in [-0.15, -0.1) is 10.3 Å². The van der Waals surface area contributed by atoms with Gasteiger partial charge in [-0.3, -0.25) is 10.4 Å². The second-order valence-electron chi connectivity index (χ2n) is 5.85. The van der Waals surface area contributed by atoms with Crippen molar-refractivity contribution >= 4 is 28.1 Å². The summed E-state index contributed by atoms with van der Waals surface area (Å²) in [7, 11) is 0. The van der Waals surface area contributed by atoms with Crippen molar-refractivity contribution in [3.8, 4) is 0 Å². The molecular formula is C17H24N8. The maximum absolute atomic E-state index is 6.12. The van der Waals surface area contributed by atoms with Crippen molar-refractivity contribution in [3.63, 3.8) is 0 Å². The molecule has 1 aliphatic heterocycles. The fourth-order valence-corrected chi connectivity index (χ4v) is 2.81.